The van der Waals surface area contributed by atoms with Crippen molar-refractivity contribution in [1.29, 1.82) is 0 Å². The van der Waals surface area contributed by atoms with E-state index in [1.54, 1.807) is 0 Å². The number of halogens is 1. The van der Waals surface area contributed by atoms with E-state index in [1.807, 2.05) is 0 Å². The third kappa shape index (κ3) is 55.4. The summed E-state index contributed by atoms with van der Waals surface area (Å²) < 4.78 is 25.8. The number of carbonyl (C=O) groups is 2. The van der Waals surface area contributed by atoms with Gasteiger partial charge in [0.1, 0.15) is 6.10 Å². The largest absolute Gasteiger partial charge is 0.464 e. The first-order chi connectivity index (χ1) is 37.8. The summed E-state index contributed by atoms with van der Waals surface area (Å²) in [5.74, 6) is 2.51. The summed E-state index contributed by atoms with van der Waals surface area (Å²) in [6, 6.07) is 0. The summed E-state index contributed by atoms with van der Waals surface area (Å²) >= 11 is 0. The first kappa shape index (κ1) is 78.9. The lowest BCUT2D eigenvalue weighted by molar-refractivity contribution is -0.151. The van der Waals surface area contributed by atoms with Crippen LogP contribution in [0.25, 0.3) is 0 Å². The van der Waals surface area contributed by atoms with Gasteiger partial charge >= 0.3 is 11.9 Å². The molecule has 0 aliphatic carbocycles. The molecule has 3 unspecified atom stereocenters. The Morgan fingerprint density at radius 1 is 0.372 bits per heavy atom. The number of unbranched alkanes of at least 4 members (excludes halogenated alkanes) is 33. The zero-order valence-electron chi connectivity index (χ0n) is 55.5. The van der Waals surface area contributed by atoms with E-state index >= 15 is 0 Å². The molecule has 0 aromatic carbocycles. The highest BCUT2D eigenvalue weighted by Crippen LogP contribution is 2.35. The zero-order valence-corrected chi connectivity index (χ0v) is 55.5. The molecule has 0 aliphatic rings. The molecule has 0 radical (unpaired) electrons. The predicted molar refractivity (Wildman–Crippen MR) is 345 cm³/mol. The van der Waals surface area contributed by atoms with Gasteiger partial charge in [0.05, 0.1) is 6.61 Å². The molecule has 0 spiro atoms. The first-order valence-corrected chi connectivity index (χ1v) is 35.8. The number of ether oxygens (including phenoxy) is 2. The monoisotopic (exact) mass is 1110 g/mol. The van der Waals surface area contributed by atoms with Gasteiger partial charge in [0.25, 0.3) is 0 Å². The van der Waals surface area contributed by atoms with Gasteiger partial charge in [-0.2, -0.15) is 0 Å². The molecule has 3 atom stereocenters. The SMILES string of the molecule is CCCCCCCCCC(CCCCCCC(F)C(=O)OCCC(CCCCC)CCCCC)C(C)(C)C.CCCCCCCCCCC(CCCCCCC(=O)OC(CCCCCCCC)CCCCCCCC)C(C)C. The van der Waals surface area contributed by atoms with Crippen molar-refractivity contribution < 1.29 is 23.5 Å². The van der Waals surface area contributed by atoms with E-state index in [2.05, 4.69) is 76.2 Å². The minimum absolute atomic E-state index is 0.0664. The van der Waals surface area contributed by atoms with Crippen molar-refractivity contribution in [3.8, 4) is 0 Å². The molecule has 0 saturated carbocycles. The molecule has 0 heterocycles. The maximum Gasteiger partial charge on any atom is 0.340 e. The van der Waals surface area contributed by atoms with E-state index in [4.69, 9.17) is 9.47 Å². The molecule has 0 amide bonds. The van der Waals surface area contributed by atoms with Gasteiger partial charge in [-0.25, -0.2) is 9.18 Å². The van der Waals surface area contributed by atoms with E-state index in [1.165, 1.54) is 276 Å². The maximum absolute atomic E-state index is 14.4. The first-order valence-electron chi connectivity index (χ1n) is 35.8. The summed E-state index contributed by atoms with van der Waals surface area (Å²) in [6.45, 7) is 26.0. The van der Waals surface area contributed by atoms with Crippen LogP contribution in [0.4, 0.5) is 4.39 Å². The number of alkyl halides is 1. The van der Waals surface area contributed by atoms with Crippen LogP contribution in [0.3, 0.4) is 0 Å². The lowest BCUT2D eigenvalue weighted by Crippen LogP contribution is -2.21. The fourth-order valence-electron chi connectivity index (χ4n) is 12.0. The molecule has 0 rings (SSSR count). The zero-order chi connectivity index (χ0) is 58.0. The van der Waals surface area contributed by atoms with E-state index in [9.17, 15) is 14.0 Å². The van der Waals surface area contributed by atoms with Crippen molar-refractivity contribution in [3.63, 3.8) is 0 Å². The van der Waals surface area contributed by atoms with Crippen molar-refractivity contribution >= 4 is 11.9 Å². The van der Waals surface area contributed by atoms with E-state index in [0.717, 1.165) is 62.7 Å². The second-order valence-corrected chi connectivity index (χ2v) is 26.7. The molecule has 0 aromatic rings. The molecule has 468 valence electrons. The smallest absolute Gasteiger partial charge is 0.340 e. The van der Waals surface area contributed by atoms with Gasteiger partial charge in [0.15, 0.2) is 6.17 Å². The van der Waals surface area contributed by atoms with E-state index in [0.29, 0.717) is 30.8 Å². The molecular weight excluding hydrogens is 960 g/mol. The Labute approximate surface area is 491 Å². The standard InChI is InChI=1S/C38H76O2.C35H69FO2/c1-6-9-12-15-18-19-20-25-30-36(35(4)5)31-26-23-24-29-34-38(39)40-37(32-27-21-16-13-10-7-2)33-28-22-17-14-11-8-3;1-7-10-13-14-15-16-21-26-32(35(4,5)6)27-22-17-18-23-28-33(36)34(37)38-30-29-31(24-19-11-8-2)25-20-12-9-3/h35-37H,6-34H2,1-5H3;31-33H,7-30H2,1-6H3. The Hall–Kier alpha value is -1.13. The average Bonchev–Trinajstić information content (AvgIpc) is 3.41. The second-order valence-electron chi connectivity index (χ2n) is 26.7. The molecule has 0 aliphatic heterocycles. The quantitative estimate of drug-likeness (QED) is 0.0450. The number of rotatable bonds is 59. The van der Waals surface area contributed by atoms with Crippen molar-refractivity contribution in [3.05, 3.63) is 0 Å². The van der Waals surface area contributed by atoms with Gasteiger partial charge in [0, 0.05) is 6.42 Å². The number of esters is 2. The Kier molecular flexibility index (Phi) is 61.2. The van der Waals surface area contributed by atoms with Crippen LogP contribution in [-0.4, -0.2) is 30.8 Å². The van der Waals surface area contributed by atoms with Gasteiger partial charge in [-0.1, -0.05) is 339 Å². The van der Waals surface area contributed by atoms with Gasteiger partial charge in [-0.15, -0.1) is 0 Å². The Morgan fingerprint density at radius 2 is 0.679 bits per heavy atom. The molecule has 5 heteroatoms. The van der Waals surface area contributed by atoms with Crippen LogP contribution in [0.15, 0.2) is 0 Å². The Balaban J connectivity index is 0. The molecule has 4 nitrogen and oxygen atoms in total. The van der Waals surface area contributed by atoms with Crippen molar-refractivity contribution in [2.45, 2.75) is 422 Å². The lowest BCUT2D eigenvalue weighted by Gasteiger charge is -2.31. The number of carbonyl (C=O) groups excluding carboxylic acids is 2. The summed E-state index contributed by atoms with van der Waals surface area (Å²) in [5.41, 5.74) is 0.362. The van der Waals surface area contributed by atoms with Crippen molar-refractivity contribution in [2.24, 2.45) is 29.1 Å². The Morgan fingerprint density at radius 3 is 1.05 bits per heavy atom. The fourth-order valence-corrected chi connectivity index (χ4v) is 12.0. The van der Waals surface area contributed by atoms with Gasteiger partial charge in [-0.05, 0) is 93.3 Å². The van der Waals surface area contributed by atoms with Crippen LogP contribution in [0.1, 0.15) is 410 Å². The second kappa shape index (κ2) is 60.5. The summed E-state index contributed by atoms with van der Waals surface area (Å²) in [4.78, 5) is 24.8. The number of hydrogen-bond donors (Lipinski definition) is 0. The molecule has 78 heavy (non-hydrogen) atoms. The molecule has 0 bridgehead atoms. The maximum atomic E-state index is 14.4. The third-order valence-corrected chi connectivity index (χ3v) is 17.7. The van der Waals surface area contributed by atoms with E-state index in [-0.39, 0.29) is 12.1 Å². The molecule has 0 N–H and O–H groups in total. The van der Waals surface area contributed by atoms with Gasteiger partial charge in [-0.3, -0.25) is 4.79 Å². The van der Waals surface area contributed by atoms with Crippen LogP contribution >= 0.6 is 0 Å². The highest BCUT2D eigenvalue weighted by molar-refractivity contribution is 5.74. The molecular formula is C73H145FO4. The number of hydrogen-bond acceptors (Lipinski definition) is 4. The van der Waals surface area contributed by atoms with Crippen LogP contribution in [-0.2, 0) is 19.1 Å². The molecule has 0 saturated heterocycles. The summed E-state index contributed by atoms with van der Waals surface area (Å²) in [6.07, 6.45) is 63.6. The summed E-state index contributed by atoms with van der Waals surface area (Å²) in [5, 5.41) is 0. The fraction of sp³-hybridized carbons (Fsp3) is 0.973. The van der Waals surface area contributed by atoms with E-state index < -0.39 is 12.1 Å². The molecule has 0 fully saturated rings. The van der Waals surface area contributed by atoms with Crippen molar-refractivity contribution in [2.75, 3.05) is 6.61 Å². The van der Waals surface area contributed by atoms with Crippen LogP contribution < -0.4 is 0 Å². The topological polar surface area (TPSA) is 52.6 Å². The van der Waals surface area contributed by atoms with Crippen LogP contribution in [0.2, 0.25) is 0 Å². The normalized spacial score (nSPS) is 13.1. The van der Waals surface area contributed by atoms with Crippen LogP contribution in [0, 0.1) is 29.1 Å². The minimum Gasteiger partial charge on any atom is -0.464 e. The van der Waals surface area contributed by atoms with Gasteiger partial charge < -0.3 is 9.47 Å². The highest BCUT2D eigenvalue weighted by Gasteiger charge is 2.24. The summed E-state index contributed by atoms with van der Waals surface area (Å²) in [7, 11) is 0. The highest BCUT2D eigenvalue weighted by atomic mass is 19.1. The Bertz CT molecular complexity index is 1170. The van der Waals surface area contributed by atoms with Crippen LogP contribution in [0.5, 0.6) is 0 Å². The third-order valence-electron chi connectivity index (χ3n) is 17.7. The predicted octanol–water partition coefficient (Wildman–Crippen LogP) is 25.7. The molecule has 0 aromatic heterocycles. The van der Waals surface area contributed by atoms with Gasteiger partial charge in [0.2, 0.25) is 0 Å². The average molecular weight is 1110 g/mol. The lowest BCUT2D eigenvalue weighted by atomic mass is 9.75. The van der Waals surface area contributed by atoms with Crippen molar-refractivity contribution in [1.82, 2.24) is 0 Å². The minimum atomic E-state index is -1.45.